The summed E-state index contributed by atoms with van der Waals surface area (Å²) in [6.07, 6.45) is -5.08. The number of fused-ring (bicyclic) bond motifs is 6. The van der Waals surface area contributed by atoms with E-state index in [4.69, 9.17) is 14.9 Å². The van der Waals surface area contributed by atoms with Gasteiger partial charge in [-0.1, -0.05) is 60.0 Å². The maximum Gasteiger partial charge on any atom is 0.490 e. The average Bonchev–Trinajstić information content (AvgIpc) is 3.62. The largest absolute Gasteiger partial charge is 0.490 e. The van der Waals surface area contributed by atoms with Gasteiger partial charge in [-0.15, -0.1) is 29.1 Å². The molecule has 0 bridgehead atoms. The number of carboxylic acids is 1. The molecule has 2 aliphatic carbocycles. The molecular formula is C32H26AgF3IrN4O2-. The van der Waals surface area contributed by atoms with Gasteiger partial charge in [0.1, 0.15) is 6.04 Å². The molecule has 1 N–H and O–H groups in total. The SMILES string of the molecule is CC1=NC2c3cccc4cccc(c34)C2N1C.Cc1nc2c(n1C)-c1cccc3cc[c-]c-2c13.O=C(O)C(F)(F)F.[Ag].[Ir]. The van der Waals surface area contributed by atoms with Gasteiger partial charge in [0.25, 0.3) is 0 Å². The monoisotopic (exact) mass is 855 g/mol. The Balaban J connectivity index is 0.000000157. The van der Waals surface area contributed by atoms with E-state index in [0.29, 0.717) is 12.1 Å². The molecule has 3 aliphatic rings. The van der Waals surface area contributed by atoms with Crippen molar-refractivity contribution >= 4 is 33.3 Å². The molecule has 11 heteroatoms. The number of rotatable bonds is 0. The predicted molar refractivity (Wildman–Crippen MR) is 153 cm³/mol. The summed E-state index contributed by atoms with van der Waals surface area (Å²) in [7, 11) is 4.22. The summed E-state index contributed by atoms with van der Waals surface area (Å²) in [6, 6.07) is 27.8. The number of carboxylic acid groups (broad SMARTS) is 1. The summed E-state index contributed by atoms with van der Waals surface area (Å²) < 4.78 is 33.9. The first-order valence-corrected chi connectivity index (χ1v) is 13.1. The fraction of sp³-hybridized carbons (Fsp3) is 0.219. The van der Waals surface area contributed by atoms with Gasteiger partial charge in [0, 0.05) is 68.0 Å². The van der Waals surface area contributed by atoms with Crippen LogP contribution in [0.2, 0.25) is 0 Å². The molecule has 0 amide bonds. The molecule has 8 rings (SSSR count). The number of nitrogens with zero attached hydrogens (tertiary/aromatic N) is 4. The van der Waals surface area contributed by atoms with Gasteiger partial charge in [-0.3, -0.25) is 9.98 Å². The van der Waals surface area contributed by atoms with Crippen LogP contribution in [0, 0.1) is 13.0 Å². The number of carbonyl (C=O) groups is 1. The van der Waals surface area contributed by atoms with E-state index < -0.39 is 12.1 Å². The number of aromatic nitrogens is 2. The Kier molecular flexibility index (Phi) is 9.12. The Morgan fingerprint density at radius 2 is 1.51 bits per heavy atom. The smallest absolute Gasteiger partial charge is 0.475 e. The fourth-order valence-corrected chi connectivity index (χ4v) is 6.04. The molecule has 0 fully saturated rings. The van der Waals surface area contributed by atoms with Gasteiger partial charge in [-0.25, -0.2) is 4.79 Å². The Bertz CT molecular complexity index is 1890. The Hall–Kier alpha value is -3.27. The van der Waals surface area contributed by atoms with Crippen molar-refractivity contribution in [2.45, 2.75) is 32.1 Å². The van der Waals surface area contributed by atoms with Crippen molar-refractivity contribution in [1.82, 2.24) is 14.5 Å². The minimum Gasteiger partial charge on any atom is -0.475 e. The zero-order chi connectivity index (χ0) is 29.2. The van der Waals surface area contributed by atoms with Crippen molar-refractivity contribution in [2.75, 3.05) is 7.05 Å². The third kappa shape index (κ3) is 5.36. The summed E-state index contributed by atoms with van der Waals surface area (Å²) in [5.74, 6) is -0.561. The average molecular weight is 856 g/mol. The van der Waals surface area contributed by atoms with Crippen molar-refractivity contribution in [3.63, 3.8) is 0 Å². The van der Waals surface area contributed by atoms with Gasteiger partial charge in [0.15, 0.2) is 0 Å². The van der Waals surface area contributed by atoms with Gasteiger partial charge in [-0.2, -0.15) is 13.2 Å². The predicted octanol–water partition coefficient (Wildman–Crippen LogP) is 7.26. The van der Waals surface area contributed by atoms with Crippen molar-refractivity contribution in [3.05, 3.63) is 89.7 Å². The number of aryl methyl sites for hydroxylation is 1. The number of aliphatic imine (C=N–C) groups is 1. The zero-order valence-electron chi connectivity index (χ0n) is 23.4. The summed E-state index contributed by atoms with van der Waals surface area (Å²) in [5, 5.41) is 12.5. The molecule has 2 unspecified atom stereocenters. The quantitative estimate of drug-likeness (QED) is 0.129. The Labute approximate surface area is 275 Å². The molecular weight excluding hydrogens is 829 g/mol. The first kappa shape index (κ1) is 32.6. The summed E-state index contributed by atoms with van der Waals surface area (Å²) in [6.45, 7) is 4.14. The number of aliphatic carboxylic acids is 1. The minimum atomic E-state index is -5.08. The number of alkyl halides is 3. The van der Waals surface area contributed by atoms with E-state index in [-0.39, 0.29) is 42.5 Å². The normalized spacial score (nSPS) is 16.6. The van der Waals surface area contributed by atoms with Crippen LogP contribution >= 0.6 is 0 Å². The van der Waals surface area contributed by atoms with Crippen molar-refractivity contribution in [2.24, 2.45) is 12.0 Å². The number of amidine groups is 1. The number of hydrogen-bond donors (Lipinski definition) is 1. The van der Waals surface area contributed by atoms with Crippen molar-refractivity contribution < 1.29 is 65.6 Å². The van der Waals surface area contributed by atoms with Crippen LogP contribution in [-0.2, 0) is 54.3 Å². The number of likely N-dealkylation sites (N-methyl/N-ethyl adjacent to an activating group) is 1. The third-order valence-corrected chi connectivity index (χ3v) is 8.05. The molecule has 1 aliphatic heterocycles. The van der Waals surface area contributed by atoms with Gasteiger partial charge in [0.05, 0.1) is 17.7 Å². The molecule has 0 saturated heterocycles. The van der Waals surface area contributed by atoms with Gasteiger partial charge < -0.3 is 14.6 Å². The first-order valence-electron chi connectivity index (χ1n) is 13.1. The van der Waals surface area contributed by atoms with Gasteiger partial charge in [-0.05, 0) is 41.3 Å². The standard InChI is InChI=1S/C15H14N2.C15H11N2.C2HF3O2.Ag.Ir/c2*1-9-16-14-11-7-3-5-10-6-4-8-12(13(10)11)15(14)17(9)2;3-2(4,5)1(6)7;;/h3-8,14-15H,1-2H3;3-6,8H,1-2H3;(H,6,7);;/q;-1;;;. The van der Waals surface area contributed by atoms with Crippen LogP contribution in [0.3, 0.4) is 0 Å². The van der Waals surface area contributed by atoms with Crippen LogP contribution in [0.25, 0.3) is 44.1 Å². The Morgan fingerprint density at radius 3 is 2.14 bits per heavy atom. The van der Waals surface area contributed by atoms with Crippen LogP contribution in [0.4, 0.5) is 13.2 Å². The second-order valence-corrected chi connectivity index (χ2v) is 10.3. The maximum atomic E-state index is 10.6. The molecule has 2 heterocycles. The number of halogens is 3. The number of hydrogen-bond acceptors (Lipinski definition) is 4. The van der Waals surface area contributed by atoms with Crippen LogP contribution in [0.15, 0.2) is 71.7 Å². The molecule has 4 aromatic carbocycles. The van der Waals surface area contributed by atoms with E-state index in [1.165, 1.54) is 43.9 Å². The van der Waals surface area contributed by atoms with E-state index >= 15 is 0 Å². The molecule has 0 saturated carbocycles. The summed E-state index contributed by atoms with van der Waals surface area (Å²) in [4.78, 5) is 20.7. The van der Waals surface area contributed by atoms with Crippen molar-refractivity contribution in [1.29, 1.82) is 0 Å². The number of benzene rings is 4. The second kappa shape index (κ2) is 12.0. The fourth-order valence-electron chi connectivity index (χ4n) is 6.04. The van der Waals surface area contributed by atoms with E-state index in [9.17, 15) is 13.2 Å². The van der Waals surface area contributed by atoms with E-state index in [2.05, 4.69) is 102 Å². The van der Waals surface area contributed by atoms with E-state index in [1.54, 1.807) is 0 Å². The van der Waals surface area contributed by atoms with Gasteiger partial charge in [0.2, 0.25) is 0 Å². The van der Waals surface area contributed by atoms with Crippen LogP contribution in [-0.4, -0.2) is 44.6 Å². The van der Waals surface area contributed by atoms with Crippen LogP contribution in [0.5, 0.6) is 0 Å². The summed E-state index contributed by atoms with van der Waals surface area (Å²) in [5.41, 5.74) is 7.57. The minimum absolute atomic E-state index is 0. The molecule has 2 atom stereocenters. The Morgan fingerprint density at radius 1 is 0.930 bits per heavy atom. The maximum absolute atomic E-state index is 10.6. The van der Waals surface area contributed by atoms with Crippen LogP contribution in [0.1, 0.15) is 36.0 Å². The van der Waals surface area contributed by atoms with E-state index in [0.717, 1.165) is 22.9 Å². The van der Waals surface area contributed by atoms with Crippen molar-refractivity contribution in [3.8, 4) is 22.5 Å². The molecule has 6 nitrogen and oxygen atoms in total. The number of imidazole rings is 1. The molecule has 228 valence electrons. The topological polar surface area (TPSA) is 70.7 Å². The summed E-state index contributed by atoms with van der Waals surface area (Å²) >= 11 is 0. The van der Waals surface area contributed by atoms with Gasteiger partial charge >= 0.3 is 12.1 Å². The molecule has 43 heavy (non-hydrogen) atoms. The molecule has 1 aromatic heterocycles. The second-order valence-electron chi connectivity index (χ2n) is 10.3. The first-order chi connectivity index (χ1) is 19.5. The van der Waals surface area contributed by atoms with Crippen LogP contribution < -0.4 is 0 Å². The third-order valence-electron chi connectivity index (χ3n) is 8.05. The zero-order valence-corrected chi connectivity index (χ0v) is 27.3. The molecule has 0 spiro atoms. The molecule has 2 radical (unpaired) electrons. The molecule has 5 aromatic rings. The van der Waals surface area contributed by atoms with E-state index in [1.807, 2.05) is 13.0 Å².